The van der Waals surface area contributed by atoms with Gasteiger partial charge >= 0.3 is 0 Å². The monoisotopic (exact) mass is 297 g/mol. The number of aromatic nitrogens is 2. The van der Waals surface area contributed by atoms with Crippen molar-refractivity contribution in [3.63, 3.8) is 0 Å². The van der Waals surface area contributed by atoms with Gasteiger partial charge in [-0.15, -0.1) is 0 Å². The molecule has 2 heterocycles. The number of amides is 1. The molecule has 1 aliphatic rings. The van der Waals surface area contributed by atoms with E-state index in [0.29, 0.717) is 24.5 Å². The maximum atomic E-state index is 12.7. The van der Waals surface area contributed by atoms with Crippen LogP contribution >= 0.6 is 0 Å². The highest BCUT2D eigenvalue weighted by molar-refractivity contribution is 5.97. The molecule has 2 aromatic rings. The summed E-state index contributed by atoms with van der Waals surface area (Å²) < 4.78 is 5.58. The van der Waals surface area contributed by atoms with Crippen molar-refractivity contribution in [2.45, 2.75) is 12.3 Å². The first-order chi connectivity index (χ1) is 10.8. The lowest BCUT2D eigenvalue weighted by molar-refractivity contribution is 0.0786. The Morgan fingerprint density at radius 1 is 1.50 bits per heavy atom. The van der Waals surface area contributed by atoms with Gasteiger partial charge in [-0.2, -0.15) is 0 Å². The van der Waals surface area contributed by atoms with Crippen molar-refractivity contribution in [2.75, 3.05) is 19.7 Å². The first-order valence-electron chi connectivity index (χ1n) is 7.41. The predicted octanol–water partition coefficient (Wildman–Crippen LogP) is 2.60. The number of nitrogens with zero attached hydrogens (tertiary/aromatic N) is 2. The first kappa shape index (κ1) is 14.4. The fourth-order valence-corrected chi connectivity index (χ4v) is 2.76. The van der Waals surface area contributed by atoms with Crippen LogP contribution in [0.15, 0.2) is 49.3 Å². The summed E-state index contributed by atoms with van der Waals surface area (Å²) in [6.07, 6.45) is 6.16. The third-order valence-electron chi connectivity index (χ3n) is 3.86. The number of carbonyl (C=O) groups is 1. The van der Waals surface area contributed by atoms with Gasteiger partial charge in [-0.05, 0) is 18.6 Å². The van der Waals surface area contributed by atoms with Crippen LogP contribution in [0.25, 0.3) is 0 Å². The molecule has 5 heteroatoms. The number of benzene rings is 1. The number of H-pyrrole nitrogens is 1. The number of nitrogens with one attached hydrogen (secondary N) is 1. The Hall–Kier alpha value is -2.56. The standard InChI is InChI=1S/C17H19N3O2/c1-2-11-22-15-6-4-3-5-14(15)17(21)20-10-7-13(12-20)16-18-8-9-19-16/h2-6,8-9,13H,1,7,10-12H2,(H,18,19)/t13-/m0/s1. The SMILES string of the molecule is C=CCOc1ccccc1C(=O)N1CC[C@H](c2ncc[nH]2)C1. The van der Waals surface area contributed by atoms with E-state index in [1.165, 1.54) is 0 Å². The van der Waals surface area contributed by atoms with Crippen molar-refractivity contribution < 1.29 is 9.53 Å². The molecule has 1 aliphatic heterocycles. The van der Waals surface area contributed by atoms with E-state index in [1.54, 1.807) is 18.3 Å². The van der Waals surface area contributed by atoms with Crippen LogP contribution in [0.5, 0.6) is 5.75 Å². The zero-order valence-corrected chi connectivity index (χ0v) is 12.4. The quantitative estimate of drug-likeness (QED) is 0.863. The average Bonchev–Trinajstić information content (AvgIpc) is 3.23. The largest absolute Gasteiger partial charge is 0.489 e. The highest BCUT2D eigenvalue weighted by atomic mass is 16.5. The molecule has 114 valence electrons. The van der Waals surface area contributed by atoms with Gasteiger partial charge in [0.1, 0.15) is 18.2 Å². The number of imidazole rings is 1. The van der Waals surface area contributed by atoms with Crippen molar-refractivity contribution in [1.82, 2.24) is 14.9 Å². The third-order valence-corrected chi connectivity index (χ3v) is 3.86. The van der Waals surface area contributed by atoms with Gasteiger partial charge in [0.15, 0.2) is 0 Å². The minimum absolute atomic E-state index is 0.00807. The summed E-state index contributed by atoms with van der Waals surface area (Å²) >= 11 is 0. The number of likely N-dealkylation sites (tertiary alicyclic amines) is 1. The summed E-state index contributed by atoms with van der Waals surface area (Å²) in [5.74, 6) is 1.84. The summed E-state index contributed by atoms with van der Waals surface area (Å²) in [5.41, 5.74) is 0.601. The summed E-state index contributed by atoms with van der Waals surface area (Å²) in [4.78, 5) is 22.0. The topological polar surface area (TPSA) is 58.2 Å². The molecule has 1 N–H and O–H groups in total. The molecular weight excluding hydrogens is 278 g/mol. The van der Waals surface area contributed by atoms with Crippen molar-refractivity contribution in [3.8, 4) is 5.75 Å². The van der Waals surface area contributed by atoms with Crippen LogP contribution in [-0.4, -0.2) is 40.5 Å². The maximum absolute atomic E-state index is 12.7. The van der Waals surface area contributed by atoms with E-state index in [1.807, 2.05) is 29.3 Å². The van der Waals surface area contributed by atoms with Gasteiger partial charge < -0.3 is 14.6 Å². The van der Waals surface area contributed by atoms with E-state index in [0.717, 1.165) is 18.8 Å². The summed E-state index contributed by atoms with van der Waals surface area (Å²) in [7, 11) is 0. The molecule has 3 rings (SSSR count). The van der Waals surface area contributed by atoms with E-state index in [-0.39, 0.29) is 11.8 Å². The zero-order valence-electron chi connectivity index (χ0n) is 12.4. The highest BCUT2D eigenvalue weighted by Crippen LogP contribution is 2.28. The van der Waals surface area contributed by atoms with E-state index in [4.69, 9.17) is 4.74 Å². The molecule has 1 atom stereocenters. The molecule has 0 aliphatic carbocycles. The minimum Gasteiger partial charge on any atom is -0.489 e. The number of rotatable bonds is 5. The fourth-order valence-electron chi connectivity index (χ4n) is 2.76. The average molecular weight is 297 g/mol. The zero-order chi connectivity index (χ0) is 15.4. The second-order valence-corrected chi connectivity index (χ2v) is 5.31. The number of hydrogen-bond donors (Lipinski definition) is 1. The van der Waals surface area contributed by atoms with Crippen molar-refractivity contribution >= 4 is 5.91 Å². The Morgan fingerprint density at radius 2 is 2.36 bits per heavy atom. The van der Waals surface area contributed by atoms with Crippen molar-refractivity contribution in [1.29, 1.82) is 0 Å². The minimum atomic E-state index is 0.00807. The maximum Gasteiger partial charge on any atom is 0.257 e. The summed E-state index contributed by atoms with van der Waals surface area (Å²) in [6, 6.07) is 7.34. The molecule has 1 fully saturated rings. The number of hydrogen-bond acceptors (Lipinski definition) is 3. The smallest absolute Gasteiger partial charge is 0.257 e. The molecule has 0 spiro atoms. The Morgan fingerprint density at radius 3 is 3.14 bits per heavy atom. The van der Waals surface area contributed by atoms with Gasteiger partial charge in [0.2, 0.25) is 0 Å². The lowest BCUT2D eigenvalue weighted by Gasteiger charge is -2.18. The Labute approximate surface area is 129 Å². The molecule has 0 unspecified atom stereocenters. The second-order valence-electron chi connectivity index (χ2n) is 5.31. The van der Waals surface area contributed by atoms with Crippen LogP contribution in [-0.2, 0) is 0 Å². The first-order valence-corrected chi connectivity index (χ1v) is 7.41. The van der Waals surface area contributed by atoms with Crippen LogP contribution in [0.2, 0.25) is 0 Å². The Bertz CT molecular complexity index is 652. The lowest BCUT2D eigenvalue weighted by Crippen LogP contribution is -2.29. The normalized spacial score (nSPS) is 17.5. The molecule has 0 bridgehead atoms. The summed E-state index contributed by atoms with van der Waals surface area (Å²) in [5, 5.41) is 0. The van der Waals surface area contributed by atoms with Gasteiger partial charge in [-0.3, -0.25) is 4.79 Å². The summed E-state index contributed by atoms with van der Waals surface area (Å²) in [6.45, 7) is 5.44. The van der Waals surface area contributed by atoms with Gasteiger partial charge in [0.05, 0.1) is 5.56 Å². The molecule has 0 radical (unpaired) electrons. The number of aromatic amines is 1. The van der Waals surface area contributed by atoms with Gasteiger partial charge in [0, 0.05) is 31.4 Å². The predicted molar refractivity (Wildman–Crippen MR) is 84.0 cm³/mol. The van der Waals surface area contributed by atoms with Crippen LogP contribution < -0.4 is 4.74 Å². The molecule has 22 heavy (non-hydrogen) atoms. The van der Waals surface area contributed by atoms with Gasteiger partial charge in [-0.1, -0.05) is 24.8 Å². The molecule has 1 aromatic carbocycles. The third kappa shape index (κ3) is 2.88. The van der Waals surface area contributed by atoms with Gasteiger partial charge in [0.25, 0.3) is 5.91 Å². The number of carbonyl (C=O) groups excluding carboxylic acids is 1. The van der Waals surface area contributed by atoms with E-state index >= 15 is 0 Å². The van der Waals surface area contributed by atoms with E-state index < -0.39 is 0 Å². The molecule has 1 aromatic heterocycles. The van der Waals surface area contributed by atoms with Crippen LogP contribution in [0, 0.1) is 0 Å². The fraction of sp³-hybridized carbons (Fsp3) is 0.294. The number of para-hydroxylation sites is 1. The van der Waals surface area contributed by atoms with Gasteiger partial charge in [-0.25, -0.2) is 4.98 Å². The van der Waals surface area contributed by atoms with Crippen LogP contribution in [0.3, 0.4) is 0 Å². The van der Waals surface area contributed by atoms with E-state index in [9.17, 15) is 4.79 Å². The van der Waals surface area contributed by atoms with Crippen LogP contribution in [0.1, 0.15) is 28.5 Å². The number of ether oxygens (including phenoxy) is 1. The van der Waals surface area contributed by atoms with E-state index in [2.05, 4.69) is 16.5 Å². The molecular formula is C17H19N3O2. The Balaban J connectivity index is 1.73. The molecule has 1 amide bonds. The van der Waals surface area contributed by atoms with Crippen LogP contribution in [0.4, 0.5) is 0 Å². The van der Waals surface area contributed by atoms with Crippen molar-refractivity contribution in [3.05, 3.63) is 60.7 Å². The second kappa shape index (κ2) is 6.47. The molecule has 5 nitrogen and oxygen atoms in total. The molecule has 1 saturated heterocycles. The Kier molecular flexibility index (Phi) is 4.23. The van der Waals surface area contributed by atoms with Crippen molar-refractivity contribution in [2.24, 2.45) is 0 Å². The highest BCUT2D eigenvalue weighted by Gasteiger charge is 2.30. The lowest BCUT2D eigenvalue weighted by atomic mass is 10.1. The molecule has 0 saturated carbocycles.